The zero-order valence-corrected chi connectivity index (χ0v) is 9.94. The monoisotopic (exact) mass is 274 g/mol. The lowest BCUT2D eigenvalue weighted by atomic mass is 10.1. The molecule has 0 N–H and O–H groups in total. The van der Waals surface area contributed by atoms with Crippen molar-refractivity contribution in [3.05, 3.63) is 35.4 Å². The third-order valence-electron chi connectivity index (χ3n) is 2.73. The molecule has 1 saturated carbocycles. The lowest BCUT2D eigenvalue weighted by Crippen LogP contribution is -2.04. The van der Waals surface area contributed by atoms with Crippen LogP contribution in [0.1, 0.15) is 24.8 Å². The minimum absolute atomic E-state index is 0.384. The molecule has 1 aromatic rings. The molecule has 1 unspecified atom stereocenters. The molecule has 1 aromatic carbocycles. The van der Waals surface area contributed by atoms with Gasteiger partial charge in [0.15, 0.2) is 11.6 Å². The molecule has 0 aliphatic heterocycles. The summed E-state index contributed by atoms with van der Waals surface area (Å²) in [5, 5.41) is 0. The summed E-state index contributed by atoms with van der Waals surface area (Å²) in [7, 11) is 0. The van der Waals surface area contributed by atoms with Gasteiger partial charge in [-0.1, -0.05) is 34.8 Å². The second-order valence-electron chi connectivity index (χ2n) is 4.23. The first-order valence-corrected chi connectivity index (χ1v) is 6.14. The van der Waals surface area contributed by atoms with E-state index in [4.69, 9.17) is 0 Å². The van der Waals surface area contributed by atoms with E-state index in [1.807, 2.05) is 0 Å². The van der Waals surface area contributed by atoms with Gasteiger partial charge in [-0.25, -0.2) is 8.78 Å². The summed E-state index contributed by atoms with van der Waals surface area (Å²) in [6.45, 7) is 0. The van der Waals surface area contributed by atoms with Crippen LogP contribution in [-0.4, -0.2) is 4.83 Å². The molecule has 1 atom stereocenters. The highest BCUT2D eigenvalue weighted by Gasteiger charge is 2.24. The third-order valence-corrected chi connectivity index (χ3v) is 3.42. The zero-order valence-electron chi connectivity index (χ0n) is 8.35. The molecule has 0 saturated heterocycles. The number of alkyl halides is 1. The van der Waals surface area contributed by atoms with Gasteiger partial charge in [-0.2, -0.15) is 0 Å². The molecule has 0 nitrogen and oxygen atoms in total. The minimum atomic E-state index is -0.771. The number of rotatable bonds is 4. The normalized spacial score (nSPS) is 17.8. The Balaban J connectivity index is 1.93. The Kier molecular flexibility index (Phi) is 3.39. The number of halogens is 3. The minimum Gasteiger partial charge on any atom is -0.204 e. The van der Waals surface area contributed by atoms with Crippen LogP contribution in [0.3, 0.4) is 0 Å². The predicted molar refractivity (Wildman–Crippen MR) is 60.1 cm³/mol. The smallest absolute Gasteiger partial charge is 0.159 e. The Hall–Kier alpha value is -0.440. The molecule has 1 fully saturated rings. The summed E-state index contributed by atoms with van der Waals surface area (Å²) in [6, 6.07) is 4.14. The van der Waals surface area contributed by atoms with Gasteiger partial charge >= 0.3 is 0 Å². The molecule has 3 heteroatoms. The molecule has 1 aliphatic rings. The highest BCUT2D eigenvalue weighted by Crippen LogP contribution is 2.36. The summed E-state index contributed by atoms with van der Waals surface area (Å²) in [5.41, 5.74) is 0.858. The van der Waals surface area contributed by atoms with Crippen LogP contribution in [-0.2, 0) is 6.42 Å². The van der Waals surface area contributed by atoms with Gasteiger partial charge in [-0.05, 0) is 36.5 Å². The highest BCUT2D eigenvalue weighted by molar-refractivity contribution is 9.09. The number of hydrogen-bond acceptors (Lipinski definition) is 0. The summed E-state index contributed by atoms with van der Waals surface area (Å²) in [6.07, 6.45) is 4.55. The maximum absolute atomic E-state index is 12.9. The van der Waals surface area contributed by atoms with Gasteiger partial charge in [0, 0.05) is 4.83 Å². The fourth-order valence-electron chi connectivity index (χ4n) is 1.72. The lowest BCUT2D eigenvalue weighted by Gasteiger charge is -2.08. The first-order chi connectivity index (χ1) is 7.15. The van der Waals surface area contributed by atoms with Crippen LogP contribution in [0.5, 0.6) is 0 Å². The van der Waals surface area contributed by atoms with Crippen LogP contribution in [0.4, 0.5) is 8.78 Å². The van der Waals surface area contributed by atoms with Gasteiger partial charge in [-0.3, -0.25) is 0 Å². The molecule has 0 aromatic heterocycles. The zero-order chi connectivity index (χ0) is 10.8. The molecular formula is C12H13BrF2. The largest absolute Gasteiger partial charge is 0.204 e. The van der Waals surface area contributed by atoms with Crippen molar-refractivity contribution >= 4 is 15.9 Å². The standard InChI is InChI=1S/C12H13BrF2/c13-10(5-8-1-2-8)6-9-3-4-11(14)12(15)7-9/h3-4,7-8,10H,1-2,5-6H2. The average molecular weight is 275 g/mol. The van der Waals surface area contributed by atoms with Crippen LogP contribution in [0, 0.1) is 17.6 Å². The third kappa shape index (κ3) is 3.26. The van der Waals surface area contributed by atoms with Gasteiger partial charge in [0.05, 0.1) is 0 Å². The maximum atomic E-state index is 12.9. The maximum Gasteiger partial charge on any atom is 0.159 e. The van der Waals surface area contributed by atoms with E-state index >= 15 is 0 Å². The van der Waals surface area contributed by atoms with E-state index in [9.17, 15) is 8.78 Å². The van der Waals surface area contributed by atoms with Crippen molar-refractivity contribution in [2.75, 3.05) is 0 Å². The van der Waals surface area contributed by atoms with Crippen molar-refractivity contribution in [1.82, 2.24) is 0 Å². The number of benzene rings is 1. The Morgan fingerprint density at radius 1 is 1.27 bits per heavy atom. The first kappa shape index (κ1) is 11.1. The second-order valence-corrected chi connectivity index (χ2v) is 5.52. The second kappa shape index (κ2) is 4.60. The molecule has 0 amide bonds. The lowest BCUT2D eigenvalue weighted by molar-refractivity contribution is 0.506. The van der Waals surface area contributed by atoms with E-state index in [0.29, 0.717) is 4.83 Å². The Labute approximate surface area is 96.8 Å². The summed E-state index contributed by atoms with van der Waals surface area (Å²) in [5.74, 6) is -0.676. The van der Waals surface area contributed by atoms with E-state index in [2.05, 4.69) is 15.9 Å². The SMILES string of the molecule is Fc1ccc(CC(Br)CC2CC2)cc1F. The molecule has 0 heterocycles. The first-order valence-electron chi connectivity index (χ1n) is 5.23. The molecule has 0 radical (unpaired) electrons. The van der Waals surface area contributed by atoms with Crippen LogP contribution in [0.15, 0.2) is 18.2 Å². The van der Waals surface area contributed by atoms with Gasteiger partial charge in [-0.15, -0.1) is 0 Å². The molecule has 1 aliphatic carbocycles. The summed E-state index contributed by atoms with van der Waals surface area (Å²) >= 11 is 3.58. The quantitative estimate of drug-likeness (QED) is 0.726. The molecule has 82 valence electrons. The summed E-state index contributed by atoms with van der Waals surface area (Å²) < 4.78 is 25.6. The van der Waals surface area contributed by atoms with Gasteiger partial charge < -0.3 is 0 Å². The van der Waals surface area contributed by atoms with E-state index in [1.165, 1.54) is 25.0 Å². The molecule has 0 spiro atoms. The van der Waals surface area contributed by atoms with Crippen molar-refractivity contribution in [2.45, 2.75) is 30.5 Å². The van der Waals surface area contributed by atoms with Crippen molar-refractivity contribution in [3.8, 4) is 0 Å². The topological polar surface area (TPSA) is 0 Å². The van der Waals surface area contributed by atoms with Gasteiger partial charge in [0.2, 0.25) is 0 Å². The fourth-order valence-corrected chi connectivity index (χ4v) is 2.62. The van der Waals surface area contributed by atoms with Gasteiger partial charge in [0.1, 0.15) is 0 Å². The Morgan fingerprint density at radius 3 is 2.60 bits per heavy atom. The Morgan fingerprint density at radius 2 is 2.00 bits per heavy atom. The van der Waals surface area contributed by atoms with E-state index in [0.717, 1.165) is 24.3 Å². The Bertz CT molecular complexity index is 347. The molecule has 2 rings (SSSR count). The van der Waals surface area contributed by atoms with Crippen LogP contribution >= 0.6 is 15.9 Å². The fraction of sp³-hybridized carbons (Fsp3) is 0.500. The average Bonchev–Trinajstić information content (AvgIpc) is 2.95. The molecule has 15 heavy (non-hydrogen) atoms. The highest BCUT2D eigenvalue weighted by atomic mass is 79.9. The van der Waals surface area contributed by atoms with E-state index in [-0.39, 0.29) is 0 Å². The van der Waals surface area contributed by atoms with Crippen molar-refractivity contribution in [2.24, 2.45) is 5.92 Å². The summed E-state index contributed by atoms with van der Waals surface area (Å²) in [4.78, 5) is 0.384. The van der Waals surface area contributed by atoms with Crippen molar-refractivity contribution in [1.29, 1.82) is 0 Å². The van der Waals surface area contributed by atoms with Gasteiger partial charge in [0.25, 0.3) is 0 Å². The van der Waals surface area contributed by atoms with Crippen LogP contribution in [0.25, 0.3) is 0 Å². The van der Waals surface area contributed by atoms with Crippen molar-refractivity contribution < 1.29 is 8.78 Å². The van der Waals surface area contributed by atoms with E-state index < -0.39 is 11.6 Å². The van der Waals surface area contributed by atoms with Crippen LogP contribution in [0.2, 0.25) is 0 Å². The predicted octanol–water partition coefficient (Wildman–Crippen LogP) is 4.07. The van der Waals surface area contributed by atoms with Crippen molar-refractivity contribution in [3.63, 3.8) is 0 Å². The van der Waals surface area contributed by atoms with Crippen LogP contribution < -0.4 is 0 Å². The van der Waals surface area contributed by atoms with E-state index in [1.54, 1.807) is 6.07 Å². The molecular weight excluding hydrogens is 262 g/mol. The number of hydrogen-bond donors (Lipinski definition) is 0. The molecule has 0 bridgehead atoms.